The largest absolute Gasteiger partial charge is 0.467 e. The number of nitrogens with zero attached hydrogens (tertiary/aromatic N) is 1. The molecule has 138 valence electrons. The van der Waals surface area contributed by atoms with E-state index in [1.807, 2.05) is 0 Å². The SMILES string of the molecule is C=CCN1C(=O)c2ccc(C(=O)NCC(=O)NCc3ccco3)cc2C1=O. The van der Waals surface area contributed by atoms with E-state index in [0.717, 1.165) is 4.90 Å². The highest BCUT2D eigenvalue weighted by Crippen LogP contribution is 2.23. The fourth-order valence-electron chi connectivity index (χ4n) is 2.65. The van der Waals surface area contributed by atoms with Gasteiger partial charge in [0.05, 0.1) is 30.5 Å². The van der Waals surface area contributed by atoms with Crippen LogP contribution in [0.1, 0.15) is 36.8 Å². The standard InChI is InChI=1S/C19H17N3O5/c1-2-7-22-18(25)14-6-5-12(9-15(14)19(22)26)17(24)21-11-16(23)20-10-13-4-3-8-27-13/h2-6,8-9H,1,7,10-11H2,(H,20,23)(H,21,24). The third-order valence-electron chi connectivity index (χ3n) is 3.99. The maximum atomic E-state index is 12.3. The van der Waals surface area contributed by atoms with E-state index in [2.05, 4.69) is 17.2 Å². The van der Waals surface area contributed by atoms with Crippen molar-refractivity contribution in [1.29, 1.82) is 0 Å². The van der Waals surface area contributed by atoms with Crippen LogP contribution in [0.25, 0.3) is 0 Å². The van der Waals surface area contributed by atoms with Crippen LogP contribution >= 0.6 is 0 Å². The fraction of sp³-hybridized carbons (Fsp3) is 0.158. The number of imide groups is 1. The lowest BCUT2D eigenvalue weighted by molar-refractivity contribution is -0.120. The molecule has 2 aromatic rings. The first-order valence-electron chi connectivity index (χ1n) is 8.19. The zero-order valence-electron chi connectivity index (χ0n) is 14.4. The van der Waals surface area contributed by atoms with Gasteiger partial charge in [-0.3, -0.25) is 24.1 Å². The lowest BCUT2D eigenvalue weighted by Crippen LogP contribution is -2.36. The summed E-state index contributed by atoms with van der Waals surface area (Å²) in [6.45, 7) is 3.61. The first-order chi connectivity index (χ1) is 13.0. The van der Waals surface area contributed by atoms with Crippen LogP contribution in [0.5, 0.6) is 0 Å². The lowest BCUT2D eigenvalue weighted by Gasteiger charge is -2.09. The van der Waals surface area contributed by atoms with Gasteiger partial charge in [-0.15, -0.1) is 6.58 Å². The predicted molar refractivity (Wildman–Crippen MR) is 94.9 cm³/mol. The minimum atomic E-state index is -0.520. The molecule has 2 heterocycles. The Morgan fingerprint density at radius 3 is 2.59 bits per heavy atom. The molecule has 0 saturated carbocycles. The normalized spacial score (nSPS) is 12.7. The highest BCUT2D eigenvalue weighted by Gasteiger charge is 2.35. The molecule has 1 aliphatic heterocycles. The summed E-state index contributed by atoms with van der Waals surface area (Å²) in [5.74, 6) is -1.20. The summed E-state index contributed by atoms with van der Waals surface area (Å²) in [5, 5.41) is 5.08. The van der Waals surface area contributed by atoms with Crippen molar-refractivity contribution in [2.45, 2.75) is 6.54 Å². The van der Waals surface area contributed by atoms with Crippen LogP contribution in [0, 0.1) is 0 Å². The van der Waals surface area contributed by atoms with E-state index < -0.39 is 17.7 Å². The highest BCUT2D eigenvalue weighted by molar-refractivity contribution is 6.22. The van der Waals surface area contributed by atoms with Crippen molar-refractivity contribution >= 4 is 23.6 Å². The molecule has 1 aromatic carbocycles. The summed E-state index contributed by atoms with van der Waals surface area (Å²) in [6.07, 6.45) is 2.95. The maximum Gasteiger partial charge on any atom is 0.261 e. The second-order valence-corrected chi connectivity index (χ2v) is 5.81. The zero-order chi connectivity index (χ0) is 19.4. The number of hydrogen-bond acceptors (Lipinski definition) is 5. The van der Waals surface area contributed by atoms with Crippen LogP contribution in [0.2, 0.25) is 0 Å². The van der Waals surface area contributed by atoms with Gasteiger partial charge in [-0.05, 0) is 30.3 Å². The number of fused-ring (bicyclic) bond motifs is 1. The molecule has 0 spiro atoms. The van der Waals surface area contributed by atoms with E-state index in [4.69, 9.17) is 4.42 Å². The van der Waals surface area contributed by atoms with Crippen molar-refractivity contribution in [3.05, 3.63) is 71.7 Å². The Balaban J connectivity index is 1.60. The number of carbonyl (C=O) groups is 4. The average Bonchev–Trinajstić information content (AvgIpc) is 3.27. The first-order valence-corrected chi connectivity index (χ1v) is 8.19. The molecule has 0 radical (unpaired) electrons. The number of benzene rings is 1. The van der Waals surface area contributed by atoms with Crippen molar-refractivity contribution < 1.29 is 23.6 Å². The Kier molecular flexibility index (Phi) is 5.16. The summed E-state index contributed by atoms with van der Waals surface area (Å²) in [4.78, 5) is 49.5. The maximum absolute atomic E-state index is 12.3. The monoisotopic (exact) mass is 367 g/mol. The summed E-state index contributed by atoms with van der Waals surface area (Å²) >= 11 is 0. The molecule has 8 nitrogen and oxygen atoms in total. The van der Waals surface area contributed by atoms with Gasteiger partial charge >= 0.3 is 0 Å². The lowest BCUT2D eigenvalue weighted by atomic mass is 10.1. The van der Waals surface area contributed by atoms with Crippen LogP contribution in [0.4, 0.5) is 0 Å². The molecule has 0 bridgehead atoms. The topological polar surface area (TPSA) is 109 Å². The Labute approximate surface area is 154 Å². The van der Waals surface area contributed by atoms with Crippen molar-refractivity contribution in [3.8, 4) is 0 Å². The van der Waals surface area contributed by atoms with Gasteiger partial charge < -0.3 is 15.1 Å². The molecule has 2 N–H and O–H groups in total. The first kappa shape index (κ1) is 18.1. The summed E-state index contributed by atoms with van der Waals surface area (Å²) in [6, 6.07) is 7.66. The third kappa shape index (κ3) is 3.79. The van der Waals surface area contributed by atoms with Crippen molar-refractivity contribution in [3.63, 3.8) is 0 Å². The van der Waals surface area contributed by atoms with Crippen molar-refractivity contribution in [2.75, 3.05) is 13.1 Å². The van der Waals surface area contributed by atoms with Gasteiger partial charge in [0.15, 0.2) is 0 Å². The minimum absolute atomic E-state index is 0.101. The van der Waals surface area contributed by atoms with E-state index in [9.17, 15) is 19.2 Å². The molecule has 0 aliphatic carbocycles. The second kappa shape index (κ2) is 7.69. The summed E-state index contributed by atoms with van der Waals surface area (Å²) < 4.78 is 5.09. The van der Waals surface area contributed by atoms with Crippen LogP contribution in [-0.4, -0.2) is 41.6 Å². The van der Waals surface area contributed by atoms with Crippen molar-refractivity contribution in [2.24, 2.45) is 0 Å². The van der Waals surface area contributed by atoms with E-state index in [1.165, 1.54) is 30.5 Å². The van der Waals surface area contributed by atoms with Gasteiger partial charge in [-0.2, -0.15) is 0 Å². The number of amides is 4. The van der Waals surface area contributed by atoms with Gasteiger partial charge in [0.1, 0.15) is 5.76 Å². The number of rotatable bonds is 7. The molecule has 8 heteroatoms. The van der Waals surface area contributed by atoms with Gasteiger partial charge in [0.25, 0.3) is 17.7 Å². The number of nitrogens with one attached hydrogen (secondary N) is 2. The molecule has 0 unspecified atom stereocenters. The Morgan fingerprint density at radius 1 is 1.11 bits per heavy atom. The highest BCUT2D eigenvalue weighted by atomic mass is 16.3. The molecule has 0 saturated heterocycles. The smallest absolute Gasteiger partial charge is 0.261 e. The summed E-state index contributed by atoms with van der Waals surface area (Å²) in [7, 11) is 0. The molecular weight excluding hydrogens is 350 g/mol. The molecule has 3 rings (SSSR count). The number of hydrogen-bond donors (Lipinski definition) is 2. The third-order valence-corrected chi connectivity index (χ3v) is 3.99. The second-order valence-electron chi connectivity index (χ2n) is 5.81. The fourth-order valence-corrected chi connectivity index (χ4v) is 2.65. The van der Waals surface area contributed by atoms with Crippen LogP contribution in [0.15, 0.2) is 53.7 Å². The predicted octanol–water partition coefficient (Wildman–Crippen LogP) is 1.11. The molecule has 0 fully saturated rings. The molecule has 27 heavy (non-hydrogen) atoms. The number of furan rings is 1. The Hall–Kier alpha value is -3.68. The van der Waals surface area contributed by atoms with Crippen LogP contribution in [0.3, 0.4) is 0 Å². The van der Waals surface area contributed by atoms with Gasteiger partial charge in [0, 0.05) is 12.1 Å². The minimum Gasteiger partial charge on any atom is -0.467 e. The summed E-state index contributed by atoms with van der Waals surface area (Å²) in [5.41, 5.74) is 0.598. The van der Waals surface area contributed by atoms with Gasteiger partial charge in [-0.25, -0.2) is 0 Å². The molecule has 4 amide bonds. The van der Waals surface area contributed by atoms with E-state index in [1.54, 1.807) is 12.1 Å². The number of carbonyl (C=O) groups excluding carboxylic acids is 4. The van der Waals surface area contributed by atoms with E-state index >= 15 is 0 Å². The molecular formula is C19H17N3O5. The molecule has 0 atom stereocenters. The van der Waals surface area contributed by atoms with Crippen LogP contribution in [-0.2, 0) is 11.3 Å². The molecule has 1 aromatic heterocycles. The average molecular weight is 367 g/mol. The quantitative estimate of drug-likeness (QED) is 0.563. The Bertz CT molecular complexity index is 917. The zero-order valence-corrected chi connectivity index (χ0v) is 14.4. The van der Waals surface area contributed by atoms with Crippen LogP contribution < -0.4 is 10.6 Å². The van der Waals surface area contributed by atoms with Crippen molar-refractivity contribution in [1.82, 2.24) is 15.5 Å². The Morgan fingerprint density at radius 2 is 1.89 bits per heavy atom. The van der Waals surface area contributed by atoms with E-state index in [0.29, 0.717) is 5.76 Å². The molecule has 1 aliphatic rings. The van der Waals surface area contributed by atoms with Gasteiger partial charge in [-0.1, -0.05) is 6.08 Å². The van der Waals surface area contributed by atoms with E-state index in [-0.39, 0.29) is 42.2 Å². The van der Waals surface area contributed by atoms with Gasteiger partial charge in [0.2, 0.25) is 5.91 Å².